The van der Waals surface area contributed by atoms with Crippen molar-refractivity contribution in [2.24, 2.45) is 11.8 Å². The minimum Gasteiger partial charge on any atom is -0.478 e. The van der Waals surface area contributed by atoms with Crippen LogP contribution in [0.2, 0.25) is 0 Å². The van der Waals surface area contributed by atoms with Crippen molar-refractivity contribution < 1.29 is 28.5 Å². The largest absolute Gasteiger partial charge is 0.478 e. The molecule has 0 saturated carbocycles. The number of rotatable bonds is 10. The van der Waals surface area contributed by atoms with E-state index in [-0.39, 0.29) is 30.5 Å². The van der Waals surface area contributed by atoms with Crippen LogP contribution in [0.15, 0.2) is 18.2 Å². The van der Waals surface area contributed by atoms with Crippen LogP contribution < -0.4 is 9.47 Å². The van der Waals surface area contributed by atoms with Gasteiger partial charge in [0.05, 0.1) is 13.2 Å². The number of carbonyl (C=O) groups excluding carboxylic acids is 2. The van der Waals surface area contributed by atoms with Gasteiger partial charge in [-0.15, -0.1) is 0 Å². The van der Waals surface area contributed by atoms with E-state index in [1.165, 1.54) is 0 Å². The van der Waals surface area contributed by atoms with Crippen molar-refractivity contribution in [2.45, 2.75) is 53.9 Å². The van der Waals surface area contributed by atoms with Crippen molar-refractivity contribution in [3.63, 3.8) is 0 Å². The van der Waals surface area contributed by atoms with E-state index in [0.29, 0.717) is 24.7 Å². The number of carbonyl (C=O) groups is 2. The summed E-state index contributed by atoms with van der Waals surface area (Å²) >= 11 is 0. The third kappa shape index (κ3) is 9.11. The number of hydrogen-bond acceptors (Lipinski definition) is 6. The second-order valence-corrected chi connectivity index (χ2v) is 8.64. The molecule has 1 aromatic rings. The third-order valence-corrected chi connectivity index (χ3v) is 3.66. The Kier molecular flexibility index (Phi) is 9.29. The van der Waals surface area contributed by atoms with E-state index in [1.807, 2.05) is 39.8 Å². The predicted octanol–water partition coefficient (Wildman–Crippen LogP) is 4.14. The molecule has 6 nitrogen and oxygen atoms in total. The smallest absolute Gasteiger partial charge is 0.344 e. The first-order valence-electron chi connectivity index (χ1n) is 9.70. The summed E-state index contributed by atoms with van der Waals surface area (Å²) in [6.45, 7) is 14.3. The molecule has 0 spiro atoms. The molecule has 0 heterocycles. The molecule has 158 valence electrons. The zero-order chi connectivity index (χ0) is 21.3. The van der Waals surface area contributed by atoms with E-state index in [0.717, 1.165) is 5.56 Å². The van der Waals surface area contributed by atoms with Crippen LogP contribution in [-0.2, 0) is 24.5 Å². The molecule has 1 aromatic carbocycles. The molecular formula is C22H34O6. The Balaban J connectivity index is 2.81. The van der Waals surface area contributed by atoms with Gasteiger partial charge in [-0.1, -0.05) is 54.5 Å². The maximum atomic E-state index is 11.9. The van der Waals surface area contributed by atoms with Crippen LogP contribution in [0, 0.1) is 11.8 Å². The average molecular weight is 395 g/mol. The highest BCUT2D eigenvalue weighted by Gasteiger charge is 2.18. The molecule has 6 heteroatoms. The van der Waals surface area contributed by atoms with Gasteiger partial charge >= 0.3 is 11.9 Å². The fourth-order valence-corrected chi connectivity index (χ4v) is 2.08. The van der Waals surface area contributed by atoms with Gasteiger partial charge < -0.3 is 18.9 Å². The van der Waals surface area contributed by atoms with Gasteiger partial charge in [0.25, 0.3) is 0 Å². The second kappa shape index (κ2) is 10.9. The summed E-state index contributed by atoms with van der Waals surface area (Å²) < 4.78 is 21.5. The summed E-state index contributed by atoms with van der Waals surface area (Å²) in [5, 5.41) is 0. The summed E-state index contributed by atoms with van der Waals surface area (Å²) in [6.07, 6.45) is 0. The Morgan fingerprint density at radius 2 is 1.29 bits per heavy atom. The van der Waals surface area contributed by atoms with Crippen LogP contribution >= 0.6 is 0 Å². The number of benzene rings is 1. The van der Waals surface area contributed by atoms with Gasteiger partial charge in [-0.05, 0) is 34.9 Å². The van der Waals surface area contributed by atoms with Crippen LogP contribution in [0.5, 0.6) is 11.5 Å². The summed E-state index contributed by atoms with van der Waals surface area (Å²) in [7, 11) is 0. The number of esters is 2. The van der Waals surface area contributed by atoms with Crippen LogP contribution in [-0.4, -0.2) is 38.4 Å². The van der Waals surface area contributed by atoms with E-state index >= 15 is 0 Å². The lowest BCUT2D eigenvalue weighted by Crippen LogP contribution is -2.20. The highest BCUT2D eigenvalue weighted by atomic mass is 16.6. The van der Waals surface area contributed by atoms with E-state index in [9.17, 15) is 9.59 Å². The maximum absolute atomic E-state index is 11.9. The van der Waals surface area contributed by atoms with Crippen molar-refractivity contribution in [2.75, 3.05) is 26.4 Å². The highest BCUT2D eigenvalue weighted by molar-refractivity contribution is 5.72. The summed E-state index contributed by atoms with van der Waals surface area (Å²) in [4.78, 5) is 23.7. The molecule has 0 aromatic heterocycles. The van der Waals surface area contributed by atoms with Crippen molar-refractivity contribution in [1.82, 2.24) is 0 Å². The monoisotopic (exact) mass is 394 g/mol. The molecule has 0 aliphatic rings. The molecule has 0 aliphatic carbocycles. The van der Waals surface area contributed by atoms with Crippen LogP contribution in [0.3, 0.4) is 0 Å². The number of ether oxygens (including phenoxy) is 4. The molecule has 0 unspecified atom stereocenters. The van der Waals surface area contributed by atoms with E-state index < -0.39 is 11.9 Å². The fourth-order valence-electron chi connectivity index (χ4n) is 2.08. The Bertz CT molecular complexity index is 643. The van der Waals surface area contributed by atoms with Gasteiger partial charge in [-0.3, -0.25) is 0 Å². The zero-order valence-electron chi connectivity index (χ0n) is 18.2. The number of hydrogen-bond donors (Lipinski definition) is 0. The first kappa shape index (κ1) is 23.8. The normalized spacial score (nSPS) is 11.5. The second-order valence-electron chi connectivity index (χ2n) is 8.64. The standard InChI is InChI=1S/C22H34O6/c1-15(2)11-27-20(23)13-25-18-9-8-17(22(5,6)7)10-19(18)26-14-21(24)28-12-16(3)4/h8-10,15-16H,11-14H2,1-7H3. The molecule has 0 amide bonds. The summed E-state index contributed by atoms with van der Waals surface area (Å²) in [5.74, 6) is 0.388. The van der Waals surface area contributed by atoms with Gasteiger partial charge in [-0.2, -0.15) is 0 Å². The molecule has 0 bridgehead atoms. The van der Waals surface area contributed by atoms with Crippen molar-refractivity contribution in [3.05, 3.63) is 23.8 Å². The topological polar surface area (TPSA) is 71.1 Å². The predicted molar refractivity (Wildman–Crippen MR) is 108 cm³/mol. The Morgan fingerprint density at radius 1 is 0.821 bits per heavy atom. The molecule has 0 saturated heterocycles. The summed E-state index contributed by atoms with van der Waals surface area (Å²) in [5.41, 5.74) is 0.915. The molecule has 0 N–H and O–H groups in total. The highest BCUT2D eigenvalue weighted by Crippen LogP contribution is 2.33. The molecule has 1 rings (SSSR count). The maximum Gasteiger partial charge on any atom is 0.344 e. The average Bonchev–Trinajstić information content (AvgIpc) is 2.60. The van der Waals surface area contributed by atoms with Crippen LogP contribution in [0.1, 0.15) is 54.0 Å². The van der Waals surface area contributed by atoms with Gasteiger partial charge in [-0.25, -0.2) is 9.59 Å². The Labute approximate surface area is 168 Å². The first-order chi connectivity index (χ1) is 13.0. The fraction of sp³-hybridized carbons (Fsp3) is 0.636. The zero-order valence-corrected chi connectivity index (χ0v) is 18.2. The minimum absolute atomic E-state index is 0.106. The van der Waals surface area contributed by atoms with E-state index in [1.54, 1.807) is 6.07 Å². The van der Waals surface area contributed by atoms with Crippen LogP contribution in [0.25, 0.3) is 0 Å². The molecular weight excluding hydrogens is 360 g/mol. The Hall–Kier alpha value is -2.24. The van der Waals surface area contributed by atoms with Gasteiger partial charge in [0, 0.05) is 0 Å². The van der Waals surface area contributed by atoms with E-state index in [2.05, 4.69) is 20.8 Å². The quantitative estimate of drug-likeness (QED) is 0.556. The lowest BCUT2D eigenvalue weighted by Gasteiger charge is -2.21. The third-order valence-electron chi connectivity index (χ3n) is 3.66. The van der Waals surface area contributed by atoms with Gasteiger partial charge in [0.2, 0.25) is 0 Å². The van der Waals surface area contributed by atoms with Gasteiger partial charge in [0.15, 0.2) is 24.7 Å². The molecule has 0 atom stereocenters. The lowest BCUT2D eigenvalue weighted by molar-refractivity contribution is -0.148. The Morgan fingerprint density at radius 3 is 1.71 bits per heavy atom. The van der Waals surface area contributed by atoms with Crippen LogP contribution in [0.4, 0.5) is 0 Å². The summed E-state index contributed by atoms with van der Waals surface area (Å²) in [6, 6.07) is 5.48. The SMILES string of the molecule is CC(C)COC(=O)COc1ccc(C(C)(C)C)cc1OCC(=O)OCC(C)C. The lowest BCUT2D eigenvalue weighted by atomic mass is 9.87. The van der Waals surface area contributed by atoms with E-state index in [4.69, 9.17) is 18.9 Å². The molecule has 0 aliphatic heterocycles. The molecule has 28 heavy (non-hydrogen) atoms. The van der Waals surface area contributed by atoms with Crippen molar-refractivity contribution >= 4 is 11.9 Å². The minimum atomic E-state index is -0.448. The van der Waals surface area contributed by atoms with Crippen molar-refractivity contribution in [1.29, 1.82) is 0 Å². The molecule has 0 radical (unpaired) electrons. The first-order valence-corrected chi connectivity index (χ1v) is 9.70. The molecule has 0 fully saturated rings. The van der Waals surface area contributed by atoms with Crippen molar-refractivity contribution in [3.8, 4) is 11.5 Å². The van der Waals surface area contributed by atoms with Gasteiger partial charge in [0.1, 0.15) is 0 Å².